The van der Waals surface area contributed by atoms with Crippen molar-refractivity contribution < 1.29 is 19.1 Å². The Hall–Kier alpha value is -2.70. The highest BCUT2D eigenvalue weighted by Crippen LogP contribution is 2.38. The minimum absolute atomic E-state index is 0.193. The number of hydrogen-bond acceptors (Lipinski definition) is 4. The van der Waals surface area contributed by atoms with Gasteiger partial charge in [0.2, 0.25) is 5.78 Å². The lowest BCUT2D eigenvalue weighted by Crippen LogP contribution is -2.09. The summed E-state index contributed by atoms with van der Waals surface area (Å²) in [5.41, 5.74) is 2.42. The van der Waals surface area contributed by atoms with Gasteiger partial charge in [-0.3, -0.25) is 4.79 Å². The van der Waals surface area contributed by atoms with Gasteiger partial charge in [-0.05, 0) is 70.4 Å². The van der Waals surface area contributed by atoms with Crippen LogP contribution in [-0.4, -0.2) is 11.8 Å². The Kier molecular flexibility index (Phi) is 5.39. The Morgan fingerprint density at radius 2 is 1.83 bits per heavy atom. The number of ketones is 1. The van der Waals surface area contributed by atoms with Crippen molar-refractivity contribution in [3.63, 3.8) is 0 Å². The monoisotopic (exact) mass is 512 g/mol. The first-order chi connectivity index (χ1) is 13.9. The first-order valence-electron chi connectivity index (χ1n) is 8.73. The van der Waals surface area contributed by atoms with E-state index in [0.717, 1.165) is 10.0 Å². The van der Waals surface area contributed by atoms with Gasteiger partial charge >= 0.3 is 5.97 Å². The van der Waals surface area contributed by atoms with Crippen LogP contribution in [0.4, 0.5) is 0 Å². The first-order valence-corrected chi connectivity index (χ1v) is 10.3. The second kappa shape index (κ2) is 7.97. The summed E-state index contributed by atoms with van der Waals surface area (Å²) in [6.45, 7) is 1.79. The van der Waals surface area contributed by atoms with Gasteiger partial charge in [0.15, 0.2) is 5.76 Å². The minimum Gasteiger partial charge on any atom is -0.452 e. The molecule has 0 aliphatic carbocycles. The number of ether oxygens (including phenoxy) is 2. The number of Topliss-reactive ketones (excluding diaryl/α,β-unsaturated/α-hetero) is 1. The smallest absolute Gasteiger partial charge is 0.344 e. The molecule has 6 heteroatoms. The fourth-order valence-corrected chi connectivity index (χ4v) is 3.94. The number of rotatable bonds is 3. The molecule has 1 aliphatic heterocycles. The molecule has 1 aliphatic rings. The molecule has 1 heterocycles. The van der Waals surface area contributed by atoms with Gasteiger partial charge in [-0.2, -0.15) is 0 Å². The number of aryl methyl sites for hydroxylation is 1. The number of benzene rings is 3. The van der Waals surface area contributed by atoms with Gasteiger partial charge < -0.3 is 9.47 Å². The highest BCUT2D eigenvalue weighted by Gasteiger charge is 2.30. The Bertz CT molecular complexity index is 1180. The number of halogens is 2. The molecule has 0 atom stereocenters. The van der Waals surface area contributed by atoms with Gasteiger partial charge in [0.25, 0.3) is 0 Å². The number of allylic oxidation sites excluding steroid dienone is 1. The Balaban J connectivity index is 1.63. The summed E-state index contributed by atoms with van der Waals surface area (Å²) in [4.78, 5) is 25.3. The molecule has 3 aromatic rings. The minimum atomic E-state index is -0.494. The van der Waals surface area contributed by atoms with Crippen LogP contribution in [0.2, 0.25) is 0 Å². The van der Waals surface area contributed by atoms with Crippen molar-refractivity contribution in [1.82, 2.24) is 0 Å². The third kappa shape index (κ3) is 4.04. The average molecular weight is 514 g/mol. The van der Waals surface area contributed by atoms with E-state index in [-0.39, 0.29) is 11.5 Å². The molecule has 0 spiro atoms. The zero-order valence-corrected chi connectivity index (χ0v) is 18.4. The lowest BCUT2D eigenvalue weighted by Gasteiger charge is -2.08. The predicted octanol–water partition coefficient (Wildman–Crippen LogP) is 6.36. The maximum absolute atomic E-state index is 12.8. The molecule has 3 aromatic carbocycles. The predicted molar refractivity (Wildman–Crippen MR) is 117 cm³/mol. The summed E-state index contributed by atoms with van der Waals surface area (Å²) >= 11 is 6.76. The molecule has 0 bridgehead atoms. The van der Waals surface area contributed by atoms with Crippen molar-refractivity contribution in [3.05, 3.63) is 97.6 Å². The normalized spacial score (nSPS) is 13.9. The summed E-state index contributed by atoms with van der Waals surface area (Å²) in [6, 6.07) is 17.8. The second-order valence-electron chi connectivity index (χ2n) is 6.48. The molecular weight excluding hydrogens is 500 g/mol. The molecule has 0 N–H and O–H groups in total. The summed E-state index contributed by atoms with van der Waals surface area (Å²) in [7, 11) is 0. The molecule has 144 valence electrons. The standard InChI is InChI=1S/C23H14Br2O4/c1-13-9-16(28-23(27)17-7-2-3-8-18(17)25)12-19-21(13)22(26)20(29-19)11-14-5-4-6-15(24)10-14/h2-12H,1H3/b20-11-. The SMILES string of the molecule is Cc1cc(OC(=O)c2ccccc2Br)cc2c1C(=O)/C(=C/c1cccc(Br)c1)O2. The van der Waals surface area contributed by atoms with Crippen molar-refractivity contribution in [1.29, 1.82) is 0 Å². The van der Waals surface area contributed by atoms with E-state index in [1.54, 1.807) is 43.3 Å². The summed E-state index contributed by atoms with van der Waals surface area (Å²) in [5, 5.41) is 0. The number of hydrogen-bond donors (Lipinski definition) is 0. The molecule has 0 unspecified atom stereocenters. The maximum Gasteiger partial charge on any atom is 0.344 e. The summed E-state index contributed by atoms with van der Waals surface area (Å²) in [5.74, 6) is 0.243. The van der Waals surface area contributed by atoms with E-state index < -0.39 is 5.97 Å². The van der Waals surface area contributed by atoms with E-state index in [9.17, 15) is 9.59 Å². The van der Waals surface area contributed by atoms with Crippen molar-refractivity contribution >= 4 is 49.7 Å². The Labute approximate surface area is 184 Å². The van der Waals surface area contributed by atoms with Crippen molar-refractivity contribution in [3.8, 4) is 11.5 Å². The third-order valence-electron chi connectivity index (χ3n) is 4.39. The highest BCUT2D eigenvalue weighted by atomic mass is 79.9. The van der Waals surface area contributed by atoms with Crippen molar-refractivity contribution in [2.75, 3.05) is 0 Å². The van der Waals surface area contributed by atoms with E-state index >= 15 is 0 Å². The molecular formula is C23H14Br2O4. The van der Waals surface area contributed by atoms with Crippen LogP contribution in [-0.2, 0) is 0 Å². The number of esters is 1. The van der Waals surface area contributed by atoms with Crippen molar-refractivity contribution in [2.45, 2.75) is 6.92 Å². The van der Waals surface area contributed by atoms with E-state index in [2.05, 4.69) is 31.9 Å². The maximum atomic E-state index is 12.8. The largest absolute Gasteiger partial charge is 0.452 e. The first kappa shape index (κ1) is 19.6. The lowest BCUT2D eigenvalue weighted by atomic mass is 10.0. The van der Waals surface area contributed by atoms with Gasteiger partial charge in [-0.1, -0.05) is 40.2 Å². The molecule has 4 rings (SSSR count). The van der Waals surface area contributed by atoms with Crippen LogP contribution in [0.5, 0.6) is 11.5 Å². The number of carbonyl (C=O) groups excluding carboxylic acids is 2. The second-order valence-corrected chi connectivity index (χ2v) is 8.25. The van der Waals surface area contributed by atoms with Gasteiger partial charge in [-0.25, -0.2) is 4.79 Å². The van der Waals surface area contributed by atoms with E-state index in [1.807, 2.05) is 30.3 Å². The quantitative estimate of drug-likeness (QED) is 0.232. The van der Waals surface area contributed by atoms with Crippen molar-refractivity contribution in [2.24, 2.45) is 0 Å². The summed E-state index contributed by atoms with van der Waals surface area (Å²) in [6.07, 6.45) is 1.69. The van der Waals surface area contributed by atoms with Gasteiger partial charge in [-0.15, -0.1) is 0 Å². The average Bonchev–Trinajstić information content (AvgIpc) is 2.97. The van der Waals surface area contributed by atoms with Crippen LogP contribution < -0.4 is 9.47 Å². The molecule has 0 amide bonds. The van der Waals surface area contributed by atoms with Crippen LogP contribution in [0, 0.1) is 6.92 Å². The molecule has 0 saturated carbocycles. The third-order valence-corrected chi connectivity index (χ3v) is 5.58. The van der Waals surface area contributed by atoms with E-state index in [0.29, 0.717) is 32.7 Å². The molecule has 0 aromatic heterocycles. The van der Waals surface area contributed by atoms with Crippen LogP contribution in [0.3, 0.4) is 0 Å². The molecule has 0 saturated heterocycles. The molecule has 4 nitrogen and oxygen atoms in total. The van der Waals surface area contributed by atoms with Gasteiger partial charge in [0, 0.05) is 15.0 Å². The topological polar surface area (TPSA) is 52.6 Å². The zero-order chi connectivity index (χ0) is 20.5. The fourth-order valence-electron chi connectivity index (χ4n) is 3.07. The molecule has 0 fully saturated rings. The summed E-state index contributed by atoms with van der Waals surface area (Å²) < 4.78 is 12.9. The molecule has 0 radical (unpaired) electrons. The number of fused-ring (bicyclic) bond motifs is 1. The van der Waals surface area contributed by atoms with Gasteiger partial charge in [0.1, 0.15) is 11.5 Å². The number of carbonyl (C=O) groups is 2. The highest BCUT2D eigenvalue weighted by molar-refractivity contribution is 9.10. The zero-order valence-electron chi connectivity index (χ0n) is 15.2. The fraction of sp³-hybridized carbons (Fsp3) is 0.0435. The van der Waals surface area contributed by atoms with Crippen LogP contribution in [0.1, 0.15) is 31.8 Å². The van der Waals surface area contributed by atoms with Crippen LogP contribution in [0.25, 0.3) is 6.08 Å². The Morgan fingerprint density at radius 1 is 1.03 bits per heavy atom. The lowest BCUT2D eigenvalue weighted by molar-refractivity contribution is 0.0733. The van der Waals surface area contributed by atoms with E-state index in [4.69, 9.17) is 9.47 Å². The van der Waals surface area contributed by atoms with Crippen LogP contribution in [0.15, 0.2) is 75.4 Å². The van der Waals surface area contributed by atoms with E-state index in [1.165, 1.54) is 0 Å². The molecule has 29 heavy (non-hydrogen) atoms. The Morgan fingerprint density at radius 3 is 2.59 bits per heavy atom. The van der Waals surface area contributed by atoms with Gasteiger partial charge in [0.05, 0.1) is 11.1 Å². The van der Waals surface area contributed by atoms with Crippen LogP contribution >= 0.6 is 31.9 Å².